The number of nitrogens with one attached hydrogen (secondary N) is 1. The Labute approximate surface area is 111 Å². The van der Waals surface area contributed by atoms with Gasteiger partial charge in [-0.3, -0.25) is 4.79 Å². The first kappa shape index (κ1) is 17.4. The molecule has 1 unspecified atom stereocenters. The van der Waals surface area contributed by atoms with Gasteiger partial charge in [-0.15, -0.1) is 0 Å². The van der Waals surface area contributed by atoms with E-state index in [1.165, 1.54) is 25.7 Å². The number of ether oxygens (including phenoxy) is 1. The molecule has 1 atom stereocenters. The maximum absolute atomic E-state index is 11.0. The van der Waals surface area contributed by atoms with E-state index in [0.717, 1.165) is 13.0 Å². The van der Waals surface area contributed by atoms with Crippen LogP contribution in [0.25, 0.3) is 0 Å². The van der Waals surface area contributed by atoms with Crippen molar-refractivity contribution < 1.29 is 14.6 Å². The molecule has 4 nitrogen and oxygen atoms in total. The summed E-state index contributed by atoms with van der Waals surface area (Å²) >= 11 is 0. The highest BCUT2D eigenvalue weighted by Gasteiger charge is 2.17. The number of carboxylic acid groups (broad SMARTS) is 1. The Kier molecular flexibility index (Phi) is 11.1. The third kappa shape index (κ3) is 10.5. The summed E-state index contributed by atoms with van der Waals surface area (Å²) in [7, 11) is 0. The van der Waals surface area contributed by atoms with E-state index in [0.29, 0.717) is 13.0 Å². The van der Waals surface area contributed by atoms with Gasteiger partial charge in [-0.2, -0.15) is 0 Å². The highest BCUT2D eigenvalue weighted by Crippen LogP contribution is 2.03. The van der Waals surface area contributed by atoms with Gasteiger partial charge in [0, 0.05) is 19.3 Å². The first-order valence-corrected chi connectivity index (χ1v) is 7.14. The van der Waals surface area contributed by atoms with Gasteiger partial charge >= 0.3 is 5.97 Å². The molecule has 0 radical (unpaired) electrons. The van der Waals surface area contributed by atoms with E-state index in [1.54, 1.807) is 0 Å². The Balaban J connectivity index is 3.47. The first-order chi connectivity index (χ1) is 8.57. The van der Waals surface area contributed by atoms with Crippen molar-refractivity contribution in [1.29, 1.82) is 0 Å². The lowest BCUT2D eigenvalue weighted by molar-refractivity contribution is -0.140. The highest BCUT2D eigenvalue weighted by atomic mass is 16.5. The van der Waals surface area contributed by atoms with Gasteiger partial charge in [0.1, 0.15) is 6.04 Å². The fourth-order valence-electron chi connectivity index (χ4n) is 1.79. The summed E-state index contributed by atoms with van der Waals surface area (Å²) in [6.07, 6.45) is 6.63. The van der Waals surface area contributed by atoms with Crippen molar-refractivity contribution in [2.24, 2.45) is 0 Å². The van der Waals surface area contributed by atoms with Crippen LogP contribution in [0.3, 0.4) is 0 Å². The fraction of sp³-hybridized carbons (Fsp3) is 0.929. The van der Waals surface area contributed by atoms with Crippen LogP contribution in [0.2, 0.25) is 0 Å². The average Bonchev–Trinajstić information content (AvgIpc) is 2.30. The van der Waals surface area contributed by atoms with E-state index in [1.807, 2.05) is 13.8 Å². The van der Waals surface area contributed by atoms with Gasteiger partial charge in [0.15, 0.2) is 0 Å². The lowest BCUT2D eigenvalue weighted by Gasteiger charge is -2.17. The zero-order valence-corrected chi connectivity index (χ0v) is 12.1. The van der Waals surface area contributed by atoms with Crippen molar-refractivity contribution in [3.05, 3.63) is 0 Å². The van der Waals surface area contributed by atoms with Gasteiger partial charge in [0.05, 0.1) is 0 Å². The molecule has 0 aromatic carbocycles. The first-order valence-electron chi connectivity index (χ1n) is 7.14. The lowest BCUT2D eigenvalue weighted by atomic mass is 10.2. The normalized spacial score (nSPS) is 12.9. The van der Waals surface area contributed by atoms with E-state index in [-0.39, 0.29) is 6.04 Å². The third-order valence-electron chi connectivity index (χ3n) is 2.78. The summed E-state index contributed by atoms with van der Waals surface area (Å²) in [4.78, 5) is 11.0. The maximum atomic E-state index is 11.0. The van der Waals surface area contributed by atoms with E-state index in [9.17, 15) is 4.79 Å². The van der Waals surface area contributed by atoms with Crippen LogP contribution in [0.15, 0.2) is 0 Å². The molecule has 0 aliphatic carbocycles. The maximum Gasteiger partial charge on any atom is 0.320 e. The monoisotopic (exact) mass is 259 g/mol. The second-order valence-corrected chi connectivity index (χ2v) is 5.03. The summed E-state index contributed by atoms with van der Waals surface area (Å²) in [5.41, 5.74) is 0. The smallest absolute Gasteiger partial charge is 0.320 e. The van der Waals surface area contributed by atoms with Crippen LogP contribution in [-0.4, -0.2) is 36.4 Å². The molecule has 0 aliphatic rings. The number of unbranched alkanes of at least 4 members (excludes halogenated alkanes) is 4. The van der Waals surface area contributed by atoms with Gasteiger partial charge in [0.25, 0.3) is 0 Å². The van der Waals surface area contributed by atoms with Crippen LogP contribution in [-0.2, 0) is 9.53 Å². The van der Waals surface area contributed by atoms with Crippen molar-refractivity contribution in [3.63, 3.8) is 0 Å². The molecule has 18 heavy (non-hydrogen) atoms. The molecule has 0 fully saturated rings. The number of carboxylic acids is 1. The lowest BCUT2D eigenvalue weighted by Crippen LogP contribution is -2.41. The molecule has 0 aliphatic heterocycles. The molecule has 0 saturated carbocycles. The zero-order valence-electron chi connectivity index (χ0n) is 12.1. The van der Waals surface area contributed by atoms with Crippen molar-refractivity contribution in [1.82, 2.24) is 5.32 Å². The number of rotatable bonds is 12. The quantitative estimate of drug-likeness (QED) is 0.529. The minimum Gasteiger partial charge on any atom is -0.480 e. The van der Waals surface area contributed by atoms with Crippen LogP contribution in [0, 0.1) is 0 Å². The molecule has 0 bridgehead atoms. The Morgan fingerprint density at radius 2 is 1.83 bits per heavy atom. The Hall–Kier alpha value is -0.610. The summed E-state index contributed by atoms with van der Waals surface area (Å²) in [6, 6.07) is -0.315. The molecule has 108 valence electrons. The summed E-state index contributed by atoms with van der Waals surface area (Å²) in [5.74, 6) is -0.796. The molecule has 4 heteroatoms. The van der Waals surface area contributed by atoms with E-state index >= 15 is 0 Å². The van der Waals surface area contributed by atoms with Crippen LogP contribution in [0.5, 0.6) is 0 Å². The Bertz CT molecular complexity index is 207. The van der Waals surface area contributed by atoms with Crippen molar-refractivity contribution >= 4 is 5.97 Å². The van der Waals surface area contributed by atoms with Gasteiger partial charge in [-0.1, -0.05) is 46.5 Å². The second kappa shape index (κ2) is 11.5. The largest absolute Gasteiger partial charge is 0.480 e. The summed E-state index contributed by atoms with van der Waals surface area (Å²) in [5, 5.41) is 12.0. The van der Waals surface area contributed by atoms with Crippen LogP contribution >= 0.6 is 0 Å². The van der Waals surface area contributed by atoms with Gasteiger partial charge < -0.3 is 15.2 Å². The minimum atomic E-state index is -0.796. The van der Waals surface area contributed by atoms with Gasteiger partial charge in [0.2, 0.25) is 0 Å². The van der Waals surface area contributed by atoms with Crippen molar-refractivity contribution in [2.75, 3.05) is 13.2 Å². The predicted octanol–water partition coefficient (Wildman–Crippen LogP) is 2.81. The molecule has 0 aromatic heterocycles. The van der Waals surface area contributed by atoms with Crippen LogP contribution in [0.4, 0.5) is 0 Å². The number of aliphatic carboxylic acids is 1. The van der Waals surface area contributed by atoms with Crippen molar-refractivity contribution in [2.45, 2.75) is 71.4 Å². The number of carbonyl (C=O) groups is 1. The molecule has 0 saturated heterocycles. The molecule has 0 rings (SSSR count). The SMILES string of the molecule is CCCCCCCOCCC(NC(C)C)C(=O)O. The molecular formula is C14H29NO3. The number of hydrogen-bond donors (Lipinski definition) is 2. The Morgan fingerprint density at radius 1 is 1.17 bits per heavy atom. The molecule has 0 heterocycles. The van der Waals surface area contributed by atoms with Gasteiger partial charge in [-0.05, 0) is 12.8 Å². The molecule has 0 spiro atoms. The van der Waals surface area contributed by atoms with Crippen molar-refractivity contribution in [3.8, 4) is 0 Å². The van der Waals surface area contributed by atoms with E-state index < -0.39 is 12.0 Å². The van der Waals surface area contributed by atoms with Gasteiger partial charge in [-0.25, -0.2) is 0 Å². The van der Waals surface area contributed by atoms with E-state index in [2.05, 4.69) is 12.2 Å². The topological polar surface area (TPSA) is 58.6 Å². The minimum absolute atomic E-state index is 0.181. The third-order valence-corrected chi connectivity index (χ3v) is 2.78. The standard InChI is InChI=1S/C14H29NO3/c1-4-5-6-7-8-10-18-11-9-13(14(16)17)15-12(2)3/h12-13,15H,4-11H2,1-3H3,(H,16,17). The predicted molar refractivity (Wildman–Crippen MR) is 73.9 cm³/mol. The molecular weight excluding hydrogens is 230 g/mol. The second-order valence-electron chi connectivity index (χ2n) is 5.03. The fourth-order valence-corrected chi connectivity index (χ4v) is 1.79. The molecule has 2 N–H and O–H groups in total. The summed E-state index contributed by atoms with van der Waals surface area (Å²) in [6.45, 7) is 7.36. The van der Waals surface area contributed by atoms with Crippen LogP contribution in [0.1, 0.15) is 59.3 Å². The average molecular weight is 259 g/mol. The van der Waals surface area contributed by atoms with E-state index in [4.69, 9.17) is 9.84 Å². The Morgan fingerprint density at radius 3 is 2.39 bits per heavy atom. The molecule has 0 amide bonds. The zero-order chi connectivity index (χ0) is 13.8. The van der Waals surface area contributed by atoms with Crippen LogP contribution < -0.4 is 5.32 Å². The summed E-state index contributed by atoms with van der Waals surface area (Å²) < 4.78 is 5.47. The molecule has 0 aromatic rings. The number of hydrogen-bond acceptors (Lipinski definition) is 3. The highest BCUT2D eigenvalue weighted by molar-refractivity contribution is 5.73.